The molecular weight excluding hydrogens is 493 g/mol. The van der Waals surface area contributed by atoms with E-state index in [9.17, 15) is 18.0 Å². The van der Waals surface area contributed by atoms with Gasteiger partial charge in [0.25, 0.3) is 0 Å². The molecule has 10 heteroatoms. The summed E-state index contributed by atoms with van der Waals surface area (Å²) in [5, 5.41) is 14.2. The van der Waals surface area contributed by atoms with Gasteiger partial charge in [-0.2, -0.15) is 23.3 Å². The number of nitrogens with zero attached hydrogens (tertiary/aromatic N) is 3. The van der Waals surface area contributed by atoms with Gasteiger partial charge in [-0.05, 0) is 61.1 Å². The smallest absolute Gasteiger partial charge is 0.351 e. The number of benzene rings is 1. The first kappa shape index (κ1) is 24.9. The van der Waals surface area contributed by atoms with E-state index >= 15 is 0 Å². The fraction of sp³-hybridized carbons (Fsp3) is 0.500. The zero-order chi connectivity index (χ0) is 26.3. The van der Waals surface area contributed by atoms with E-state index in [1.165, 1.54) is 37.4 Å². The van der Waals surface area contributed by atoms with Gasteiger partial charge in [0.15, 0.2) is 5.82 Å². The summed E-state index contributed by atoms with van der Waals surface area (Å²) >= 11 is 0. The van der Waals surface area contributed by atoms with Crippen LogP contribution in [0, 0.1) is 17.8 Å². The number of carbonyl (C=O) groups is 1. The molecule has 7 nitrogen and oxygen atoms in total. The molecule has 0 radical (unpaired) electrons. The standard InChI is InChI=1S/C28H31F3N6O/c29-28(30,31)18-7-3-4-16(10-18)11-20(38)14-23-21-12-19(13-22(21)23)33-27-32-9-8-25(35-27)34-26-15-24(36-37-26)17-5-1-2-6-17/h3-4,7-10,15,17,19,21-23H,1-2,5-6,11-14H2,(H3,32,33,34,35,36,37)/t19?,21-,22+,23?. The van der Waals surface area contributed by atoms with Gasteiger partial charge in [-0.15, -0.1) is 0 Å². The quantitative estimate of drug-likeness (QED) is 0.306. The third-order valence-electron chi connectivity index (χ3n) is 8.38. The Hall–Kier alpha value is -3.43. The van der Waals surface area contributed by atoms with Crippen LogP contribution in [-0.4, -0.2) is 32.0 Å². The summed E-state index contributed by atoms with van der Waals surface area (Å²) < 4.78 is 38.8. The van der Waals surface area contributed by atoms with Gasteiger partial charge >= 0.3 is 6.18 Å². The number of aromatic amines is 1. The van der Waals surface area contributed by atoms with Crippen LogP contribution in [0.1, 0.15) is 67.7 Å². The number of anilines is 3. The van der Waals surface area contributed by atoms with Gasteiger partial charge in [0.05, 0.1) is 5.56 Å². The third kappa shape index (κ3) is 5.54. The molecule has 0 spiro atoms. The molecule has 0 bridgehead atoms. The second kappa shape index (κ2) is 10.0. The van der Waals surface area contributed by atoms with Crippen LogP contribution in [-0.2, 0) is 17.4 Å². The number of hydrogen-bond acceptors (Lipinski definition) is 6. The molecule has 0 saturated heterocycles. The lowest BCUT2D eigenvalue weighted by Gasteiger charge is -2.16. The van der Waals surface area contributed by atoms with Crippen molar-refractivity contribution in [2.75, 3.05) is 10.6 Å². The lowest BCUT2D eigenvalue weighted by molar-refractivity contribution is -0.137. The first-order valence-electron chi connectivity index (χ1n) is 13.4. The summed E-state index contributed by atoms with van der Waals surface area (Å²) in [6, 6.07) is 9.18. The molecule has 3 N–H and O–H groups in total. The van der Waals surface area contributed by atoms with Crippen molar-refractivity contribution in [3.05, 3.63) is 59.4 Å². The molecular formula is C28H31F3N6O. The molecule has 3 aromatic rings. The van der Waals surface area contributed by atoms with Crippen molar-refractivity contribution < 1.29 is 18.0 Å². The van der Waals surface area contributed by atoms with E-state index < -0.39 is 11.7 Å². The number of nitrogens with one attached hydrogen (secondary N) is 3. The zero-order valence-electron chi connectivity index (χ0n) is 21.0. The molecule has 3 fully saturated rings. The number of ketones is 1. The van der Waals surface area contributed by atoms with Gasteiger partial charge < -0.3 is 10.6 Å². The number of H-pyrrole nitrogens is 1. The molecule has 6 rings (SSSR count). The molecule has 3 aliphatic carbocycles. The van der Waals surface area contributed by atoms with Crippen LogP contribution in [0.5, 0.6) is 0 Å². The van der Waals surface area contributed by atoms with Gasteiger partial charge in [0.1, 0.15) is 11.6 Å². The number of carbonyl (C=O) groups excluding carboxylic acids is 1. The van der Waals surface area contributed by atoms with Crippen LogP contribution in [0.4, 0.5) is 30.8 Å². The maximum absolute atomic E-state index is 12.9. The molecule has 4 atom stereocenters. The van der Waals surface area contributed by atoms with Crippen LogP contribution in [0.15, 0.2) is 42.6 Å². The van der Waals surface area contributed by atoms with Crippen LogP contribution < -0.4 is 10.6 Å². The maximum Gasteiger partial charge on any atom is 0.416 e. The Labute approximate surface area is 219 Å². The molecule has 3 aliphatic rings. The van der Waals surface area contributed by atoms with Crippen molar-refractivity contribution in [3.63, 3.8) is 0 Å². The topological polar surface area (TPSA) is 95.6 Å². The summed E-state index contributed by atoms with van der Waals surface area (Å²) in [4.78, 5) is 21.5. The van der Waals surface area contributed by atoms with Crippen molar-refractivity contribution in [2.45, 2.75) is 69.5 Å². The minimum Gasteiger partial charge on any atom is -0.351 e. The Kier molecular flexibility index (Phi) is 6.57. The van der Waals surface area contributed by atoms with E-state index in [-0.39, 0.29) is 18.2 Å². The minimum absolute atomic E-state index is 0.00444. The molecule has 1 aromatic carbocycles. The summed E-state index contributed by atoms with van der Waals surface area (Å²) in [5.41, 5.74) is 0.885. The van der Waals surface area contributed by atoms with E-state index in [4.69, 9.17) is 0 Å². The van der Waals surface area contributed by atoms with Crippen LogP contribution >= 0.6 is 0 Å². The van der Waals surface area contributed by atoms with E-state index in [2.05, 4.69) is 36.9 Å². The van der Waals surface area contributed by atoms with Crippen molar-refractivity contribution in [3.8, 4) is 0 Å². The molecule has 3 saturated carbocycles. The molecule has 2 heterocycles. The molecule has 200 valence electrons. The molecule has 2 unspecified atom stereocenters. The van der Waals surface area contributed by atoms with Gasteiger partial charge in [0, 0.05) is 42.8 Å². The second-order valence-corrected chi connectivity index (χ2v) is 11.0. The summed E-state index contributed by atoms with van der Waals surface area (Å²) in [6.45, 7) is 0. The van der Waals surface area contributed by atoms with Gasteiger partial charge in [0.2, 0.25) is 5.95 Å². The Morgan fingerprint density at radius 1 is 1.05 bits per heavy atom. The minimum atomic E-state index is -4.40. The summed E-state index contributed by atoms with van der Waals surface area (Å²) in [6.07, 6.45) is 4.64. The van der Waals surface area contributed by atoms with Crippen LogP contribution in [0.2, 0.25) is 0 Å². The van der Waals surface area contributed by atoms with Crippen LogP contribution in [0.3, 0.4) is 0 Å². The normalized spacial score (nSPS) is 24.8. The Bertz CT molecular complexity index is 1290. The Balaban J connectivity index is 0.973. The van der Waals surface area contributed by atoms with Crippen molar-refractivity contribution in [2.24, 2.45) is 17.8 Å². The Morgan fingerprint density at radius 2 is 1.84 bits per heavy atom. The SMILES string of the molecule is O=C(Cc1cccc(C(F)(F)F)c1)CC1[C@H]2CC(Nc3nccc(Nc4cc(C5CCCC5)[nH]n4)n3)C[C@@H]12. The first-order chi connectivity index (χ1) is 18.3. The van der Waals surface area contributed by atoms with Crippen LogP contribution in [0.25, 0.3) is 0 Å². The lowest BCUT2D eigenvalue weighted by atomic mass is 9.99. The van der Waals surface area contributed by atoms with Crippen molar-refractivity contribution in [1.82, 2.24) is 20.2 Å². The number of hydrogen-bond donors (Lipinski definition) is 3. The molecule has 0 amide bonds. The highest BCUT2D eigenvalue weighted by molar-refractivity contribution is 5.81. The highest BCUT2D eigenvalue weighted by Gasteiger charge is 2.56. The van der Waals surface area contributed by atoms with E-state index in [0.717, 1.165) is 30.8 Å². The predicted molar refractivity (Wildman–Crippen MR) is 137 cm³/mol. The predicted octanol–water partition coefficient (Wildman–Crippen LogP) is 6.26. The van der Waals surface area contributed by atoms with Crippen molar-refractivity contribution >= 4 is 23.4 Å². The fourth-order valence-electron chi connectivity index (χ4n) is 6.48. The largest absolute Gasteiger partial charge is 0.416 e. The van der Waals surface area contributed by atoms with Gasteiger partial charge in [-0.25, -0.2) is 4.98 Å². The van der Waals surface area contributed by atoms with E-state index in [0.29, 0.717) is 47.4 Å². The Morgan fingerprint density at radius 3 is 2.61 bits per heavy atom. The molecule has 0 aliphatic heterocycles. The maximum atomic E-state index is 12.9. The third-order valence-corrected chi connectivity index (χ3v) is 8.38. The van der Waals surface area contributed by atoms with Gasteiger partial charge in [-0.1, -0.05) is 31.0 Å². The number of halogens is 3. The molecule has 2 aromatic heterocycles. The average molecular weight is 525 g/mol. The zero-order valence-corrected chi connectivity index (χ0v) is 21.0. The lowest BCUT2D eigenvalue weighted by Crippen LogP contribution is -2.21. The second-order valence-electron chi connectivity index (χ2n) is 11.0. The first-order valence-corrected chi connectivity index (χ1v) is 13.4. The number of fused-ring (bicyclic) bond motifs is 1. The van der Waals surface area contributed by atoms with Crippen molar-refractivity contribution in [1.29, 1.82) is 0 Å². The highest BCUT2D eigenvalue weighted by Crippen LogP contribution is 2.59. The number of Topliss-reactive ketones (excluding diaryl/α,β-unsaturated/α-hetero) is 1. The average Bonchev–Trinajstić information content (AvgIpc) is 3.40. The fourth-order valence-corrected chi connectivity index (χ4v) is 6.48. The number of aromatic nitrogens is 4. The number of alkyl halides is 3. The van der Waals surface area contributed by atoms with E-state index in [1.54, 1.807) is 12.3 Å². The summed E-state index contributed by atoms with van der Waals surface area (Å²) in [7, 11) is 0. The highest BCUT2D eigenvalue weighted by atomic mass is 19.4. The summed E-state index contributed by atoms with van der Waals surface area (Å²) in [5.74, 6) is 3.82. The molecule has 38 heavy (non-hydrogen) atoms. The monoisotopic (exact) mass is 524 g/mol. The van der Waals surface area contributed by atoms with Gasteiger partial charge in [-0.3, -0.25) is 9.89 Å². The van der Waals surface area contributed by atoms with E-state index in [1.807, 2.05) is 6.07 Å². The number of rotatable bonds is 9.